The first-order valence-corrected chi connectivity index (χ1v) is 13.4. The van der Waals surface area contributed by atoms with Gasteiger partial charge >= 0.3 is 0 Å². The summed E-state index contributed by atoms with van der Waals surface area (Å²) in [5, 5.41) is 8.12. The van der Waals surface area contributed by atoms with Crippen LogP contribution in [0.1, 0.15) is 22.9 Å². The Hall–Kier alpha value is -4.42. The average molecular weight is 516 g/mol. The number of nitrogens with zero attached hydrogens (tertiary/aromatic N) is 2. The minimum atomic E-state index is -0.455. The first-order chi connectivity index (χ1) is 18.6. The van der Waals surface area contributed by atoms with Gasteiger partial charge in [-0.2, -0.15) is 4.39 Å². The van der Waals surface area contributed by atoms with E-state index in [9.17, 15) is 4.39 Å². The number of hydrogen-bond acceptors (Lipinski definition) is 5. The quantitative estimate of drug-likeness (QED) is 0.233. The molecule has 0 bridgehead atoms. The van der Waals surface area contributed by atoms with E-state index in [1.165, 1.54) is 11.6 Å². The molecular formula is C32H22FN3OS. The zero-order chi connectivity index (χ0) is 25.5. The van der Waals surface area contributed by atoms with Gasteiger partial charge in [-0.1, -0.05) is 48.5 Å². The summed E-state index contributed by atoms with van der Waals surface area (Å²) in [6, 6.07) is 28.5. The number of para-hydroxylation sites is 3. The molecule has 0 saturated carbocycles. The van der Waals surface area contributed by atoms with Crippen LogP contribution < -0.4 is 10.2 Å². The van der Waals surface area contributed by atoms with Crippen LogP contribution in [0.25, 0.3) is 42.2 Å². The SMILES string of the molecule is Cc1cc2c(oc3ccccc32)c(C)c1N1c2ccccc2NC1c1cccc2c1sc1nc(F)ccc12. The normalized spacial score (nSPS) is 15.1. The summed E-state index contributed by atoms with van der Waals surface area (Å²) in [5.74, 6) is -0.455. The standard InChI is InChI=1S/C32H22FN3OS/c1-17-16-23-19-8-3-6-13-26(19)37-29(23)18(2)28(17)36-25-12-5-4-11-24(25)34-31(36)22-10-7-9-20-21-14-15-27(33)35-32(21)38-30(20)22/h3-16,31,34H,1-2H3. The lowest BCUT2D eigenvalue weighted by molar-refractivity contribution is 0.590. The van der Waals surface area contributed by atoms with E-state index in [-0.39, 0.29) is 6.17 Å². The van der Waals surface area contributed by atoms with Crippen molar-refractivity contribution in [2.45, 2.75) is 20.0 Å². The van der Waals surface area contributed by atoms with Crippen molar-refractivity contribution in [2.75, 3.05) is 10.2 Å². The zero-order valence-corrected chi connectivity index (χ0v) is 21.6. The van der Waals surface area contributed by atoms with Crippen LogP contribution in [0.5, 0.6) is 0 Å². The number of halogens is 1. The highest BCUT2D eigenvalue weighted by molar-refractivity contribution is 7.25. The fraction of sp³-hybridized carbons (Fsp3) is 0.0938. The van der Waals surface area contributed by atoms with Gasteiger partial charge in [0.2, 0.25) is 5.95 Å². The topological polar surface area (TPSA) is 41.3 Å². The van der Waals surface area contributed by atoms with Crippen molar-refractivity contribution < 1.29 is 8.81 Å². The molecule has 0 saturated heterocycles. The molecule has 0 radical (unpaired) electrons. The van der Waals surface area contributed by atoms with Crippen molar-refractivity contribution in [3.63, 3.8) is 0 Å². The molecule has 38 heavy (non-hydrogen) atoms. The maximum atomic E-state index is 14.0. The summed E-state index contributed by atoms with van der Waals surface area (Å²) < 4.78 is 21.5. The highest BCUT2D eigenvalue weighted by atomic mass is 32.1. The Morgan fingerprint density at radius 1 is 0.868 bits per heavy atom. The van der Waals surface area contributed by atoms with E-state index in [1.807, 2.05) is 18.2 Å². The van der Waals surface area contributed by atoms with Crippen LogP contribution in [0.4, 0.5) is 21.5 Å². The van der Waals surface area contributed by atoms with Crippen LogP contribution in [0, 0.1) is 19.8 Å². The summed E-state index contributed by atoms with van der Waals surface area (Å²) in [5.41, 5.74) is 8.53. The molecule has 3 aromatic heterocycles. The van der Waals surface area contributed by atoms with E-state index < -0.39 is 5.95 Å². The fourth-order valence-corrected chi connectivity index (χ4v) is 7.26. The Bertz CT molecular complexity index is 2080. The van der Waals surface area contributed by atoms with Crippen LogP contribution in [0.15, 0.2) is 89.3 Å². The van der Waals surface area contributed by atoms with Gasteiger partial charge in [-0.05, 0) is 55.8 Å². The van der Waals surface area contributed by atoms with Crippen molar-refractivity contribution in [1.82, 2.24) is 4.98 Å². The maximum absolute atomic E-state index is 14.0. The zero-order valence-electron chi connectivity index (χ0n) is 20.7. The minimum absolute atomic E-state index is 0.159. The lowest BCUT2D eigenvalue weighted by atomic mass is 10.0. The average Bonchev–Trinajstić information content (AvgIpc) is 3.60. The maximum Gasteiger partial charge on any atom is 0.214 e. The Labute approximate surface area is 221 Å². The van der Waals surface area contributed by atoms with E-state index >= 15 is 0 Å². The number of benzene rings is 4. The second kappa shape index (κ2) is 7.79. The number of anilines is 3. The van der Waals surface area contributed by atoms with Gasteiger partial charge in [-0.15, -0.1) is 11.3 Å². The van der Waals surface area contributed by atoms with Crippen molar-refractivity contribution in [3.8, 4) is 0 Å². The van der Waals surface area contributed by atoms with Gasteiger partial charge in [0, 0.05) is 37.4 Å². The molecule has 0 aliphatic carbocycles. The highest BCUT2D eigenvalue weighted by Gasteiger charge is 2.35. The molecule has 4 nitrogen and oxygen atoms in total. The summed E-state index contributed by atoms with van der Waals surface area (Å²) in [6.45, 7) is 4.33. The molecule has 1 N–H and O–H groups in total. The predicted octanol–water partition coefficient (Wildman–Crippen LogP) is 9.37. The molecule has 1 atom stereocenters. The third kappa shape index (κ3) is 2.92. The van der Waals surface area contributed by atoms with Crippen molar-refractivity contribution in [2.24, 2.45) is 0 Å². The number of furan rings is 1. The van der Waals surface area contributed by atoms with E-state index in [2.05, 4.69) is 89.7 Å². The molecule has 0 fully saturated rings. The molecule has 0 spiro atoms. The number of pyridine rings is 1. The number of hydrogen-bond donors (Lipinski definition) is 1. The molecule has 8 rings (SSSR count). The number of nitrogens with one attached hydrogen (secondary N) is 1. The first-order valence-electron chi connectivity index (χ1n) is 12.6. The van der Waals surface area contributed by atoms with Gasteiger partial charge in [0.15, 0.2) is 0 Å². The van der Waals surface area contributed by atoms with Gasteiger partial charge < -0.3 is 14.6 Å². The summed E-state index contributed by atoms with van der Waals surface area (Å²) in [7, 11) is 0. The summed E-state index contributed by atoms with van der Waals surface area (Å²) in [6.07, 6.45) is -0.159. The highest BCUT2D eigenvalue weighted by Crippen LogP contribution is 2.51. The number of fused-ring (bicyclic) bond motifs is 7. The lowest BCUT2D eigenvalue weighted by Crippen LogP contribution is -2.25. The number of thiophene rings is 1. The Balaban J connectivity index is 1.40. The molecular weight excluding hydrogens is 493 g/mol. The van der Waals surface area contributed by atoms with Gasteiger partial charge in [0.05, 0.1) is 17.1 Å². The summed E-state index contributed by atoms with van der Waals surface area (Å²) in [4.78, 5) is 7.29. The van der Waals surface area contributed by atoms with E-state index in [0.29, 0.717) is 4.83 Å². The van der Waals surface area contributed by atoms with E-state index in [1.54, 1.807) is 11.3 Å². The number of aryl methyl sites for hydroxylation is 2. The molecule has 0 amide bonds. The van der Waals surface area contributed by atoms with Crippen LogP contribution in [-0.4, -0.2) is 4.98 Å². The fourth-order valence-electron chi connectivity index (χ4n) is 6.06. The third-order valence-corrected chi connectivity index (χ3v) is 8.84. The van der Waals surface area contributed by atoms with Gasteiger partial charge in [-0.25, -0.2) is 4.98 Å². The Kier molecular flexibility index (Phi) is 4.44. The van der Waals surface area contributed by atoms with Crippen LogP contribution in [0.2, 0.25) is 0 Å². The molecule has 7 aromatic rings. The number of rotatable bonds is 2. The molecule has 1 aliphatic rings. The van der Waals surface area contributed by atoms with Crippen LogP contribution in [0.3, 0.4) is 0 Å². The molecule has 1 aliphatic heterocycles. The smallest absolute Gasteiger partial charge is 0.214 e. The molecule has 4 heterocycles. The first kappa shape index (κ1) is 21.6. The van der Waals surface area contributed by atoms with Crippen molar-refractivity contribution >= 4 is 70.6 Å². The largest absolute Gasteiger partial charge is 0.456 e. The van der Waals surface area contributed by atoms with E-state index in [4.69, 9.17) is 4.42 Å². The third-order valence-electron chi connectivity index (χ3n) is 7.67. The van der Waals surface area contributed by atoms with Crippen molar-refractivity contribution in [1.29, 1.82) is 0 Å². The van der Waals surface area contributed by atoms with Crippen LogP contribution in [-0.2, 0) is 0 Å². The second-order valence-corrected chi connectivity index (χ2v) is 10.9. The molecule has 4 aromatic carbocycles. The Morgan fingerprint density at radius 3 is 2.61 bits per heavy atom. The lowest BCUT2D eigenvalue weighted by Gasteiger charge is -2.30. The molecule has 6 heteroatoms. The van der Waals surface area contributed by atoms with Crippen molar-refractivity contribution in [3.05, 3.63) is 108 Å². The Morgan fingerprint density at radius 2 is 1.68 bits per heavy atom. The molecule has 184 valence electrons. The molecule has 1 unspecified atom stereocenters. The van der Waals surface area contributed by atoms with Gasteiger partial charge in [-0.3, -0.25) is 0 Å². The monoisotopic (exact) mass is 515 g/mol. The van der Waals surface area contributed by atoms with Crippen LogP contribution >= 0.6 is 11.3 Å². The minimum Gasteiger partial charge on any atom is -0.456 e. The summed E-state index contributed by atoms with van der Waals surface area (Å²) >= 11 is 1.54. The van der Waals surface area contributed by atoms with E-state index in [0.717, 1.165) is 65.6 Å². The number of aromatic nitrogens is 1. The van der Waals surface area contributed by atoms with Gasteiger partial charge in [0.25, 0.3) is 0 Å². The second-order valence-electron chi connectivity index (χ2n) is 9.89. The predicted molar refractivity (Wildman–Crippen MR) is 155 cm³/mol. The van der Waals surface area contributed by atoms with Gasteiger partial charge in [0.1, 0.15) is 22.2 Å².